The molecule has 1 N–H and O–H groups in total. The topological polar surface area (TPSA) is 95.1 Å². The van der Waals surface area contributed by atoms with E-state index in [1.165, 1.54) is 0 Å². The number of likely N-dealkylation sites (tertiary alicyclic amines) is 1. The first-order valence-electron chi connectivity index (χ1n) is 7.78. The molecule has 1 saturated carbocycles. The average Bonchev–Trinajstić information content (AvgIpc) is 3.12. The highest BCUT2D eigenvalue weighted by molar-refractivity contribution is 5.79. The van der Waals surface area contributed by atoms with Crippen molar-refractivity contribution in [2.75, 3.05) is 13.1 Å². The second-order valence-electron chi connectivity index (χ2n) is 6.44. The van der Waals surface area contributed by atoms with Crippen molar-refractivity contribution in [1.29, 1.82) is 5.26 Å². The Morgan fingerprint density at radius 2 is 2.32 bits per heavy atom. The Kier molecular flexibility index (Phi) is 3.87. The summed E-state index contributed by atoms with van der Waals surface area (Å²) in [6.45, 7) is 4.67. The second-order valence-corrected chi connectivity index (χ2v) is 6.44. The van der Waals surface area contributed by atoms with Gasteiger partial charge in [0.15, 0.2) is 5.82 Å². The third-order valence-electron chi connectivity index (χ3n) is 4.58. The summed E-state index contributed by atoms with van der Waals surface area (Å²) in [5.41, 5.74) is -0.741. The van der Waals surface area contributed by atoms with E-state index in [9.17, 15) is 10.1 Å². The van der Waals surface area contributed by atoms with Crippen LogP contribution in [-0.4, -0.2) is 39.6 Å². The van der Waals surface area contributed by atoms with Gasteiger partial charge in [-0.3, -0.25) is 9.69 Å². The van der Waals surface area contributed by atoms with Gasteiger partial charge in [0, 0.05) is 6.92 Å². The Morgan fingerprint density at radius 3 is 2.91 bits per heavy atom. The smallest absolute Gasteiger partial charge is 0.235 e. The molecule has 0 radical (unpaired) electrons. The normalized spacial score (nSPS) is 24.7. The van der Waals surface area contributed by atoms with Crippen LogP contribution in [0.5, 0.6) is 0 Å². The molecule has 1 amide bonds. The van der Waals surface area contributed by atoms with E-state index in [4.69, 9.17) is 4.52 Å². The Bertz CT molecular complexity index is 603. The molecular formula is C15H21N5O2. The molecule has 0 spiro atoms. The Morgan fingerprint density at radius 1 is 1.55 bits per heavy atom. The third kappa shape index (κ3) is 2.97. The first-order chi connectivity index (χ1) is 10.5. The fraction of sp³-hybridized carbons (Fsp3) is 0.733. The number of hydrogen-bond acceptors (Lipinski definition) is 6. The summed E-state index contributed by atoms with van der Waals surface area (Å²) in [6, 6.07) is 2.28. The molecule has 7 nitrogen and oxygen atoms in total. The maximum atomic E-state index is 12.3. The number of aryl methyl sites for hydroxylation is 1. The van der Waals surface area contributed by atoms with Crippen LogP contribution in [0.2, 0.25) is 0 Å². The van der Waals surface area contributed by atoms with Gasteiger partial charge in [0.25, 0.3) is 0 Å². The van der Waals surface area contributed by atoms with Crippen LogP contribution in [0.4, 0.5) is 0 Å². The van der Waals surface area contributed by atoms with E-state index >= 15 is 0 Å². The average molecular weight is 303 g/mol. The molecule has 0 unspecified atom stereocenters. The summed E-state index contributed by atoms with van der Waals surface area (Å²) in [6.07, 6.45) is 3.95. The van der Waals surface area contributed by atoms with Crippen LogP contribution in [-0.2, 0) is 4.79 Å². The SMILES string of the molecule is Cc1nc([C@H]2CCCN2CC(=O)N[C@](C)(C#N)C2CC2)no1. The molecule has 118 valence electrons. The maximum absolute atomic E-state index is 12.3. The van der Waals surface area contributed by atoms with E-state index in [-0.39, 0.29) is 24.4 Å². The van der Waals surface area contributed by atoms with E-state index in [1.54, 1.807) is 6.92 Å². The molecule has 1 aliphatic heterocycles. The lowest BCUT2D eigenvalue weighted by Crippen LogP contribution is -2.50. The van der Waals surface area contributed by atoms with Crippen molar-refractivity contribution in [2.24, 2.45) is 5.92 Å². The number of rotatable bonds is 5. The number of aromatic nitrogens is 2. The Balaban J connectivity index is 1.62. The zero-order valence-corrected chi connectivity index (χ0v) is 13.0. The van der Waals surface area contributed by atoms with Gasteiger partial charge in [0.05, 0.1) is 18.7 Å². The van der Waals surface area contributed by atoms with Gasteiger partial charge in [-0.05, 0) is 45.1 Å². The number of amides is 1. The van der Waals surface area contributed by atoms with Gasteiger partial charge in [-0.25, -0.2) is 0 Å². The third-order valence-corrected chi connectivity index (χ3v) is 4.58. The van der Waals surface area contributed by atoms with Crippen LogP contribution in [0.1, 0.15) is 50.4 Å². The van der Waals surface area contributed by atoms with Crippen LogP contribution in [0.15, 0.2) is 4.52 Å². The maximum Gasteiger partial charge on any atom is 0.235 e. The predicted octanol–water partition coefficient (Wildman–Crippen LogP) is 1.32. The monoisotopic (exact) mass is 303 g/mol. The quantitative estimate of drug-likeness (QED) is 0.881. The molecule has 1 aromatic heterocycles. The zero-order valence-electron chi connectivity index (χ0n) is 13.0. The molecule has 2 heterocycles. The number of nitrogens with one attached hydrogen (secondary N) is 1. The highest BCUT2D eigenvalue weighted by atomic mass is 16.5. The van der Waals surface area contributed by atoms with Crippen LogP contribution in [0.25, 0.3) is 0 Å². The molecule has 3 rings (SSSR count). The highest BCUT2D eigenvalue weighted by Crippen LogP contribution is 2.39. The molecule has 0 bridgehead atoms. The van der Waals surface area contributed by atoms with Gasteiger partial charge >= 0.3 is 0 Å². The molecule has 0 aromatic carbocycles. The van der Waals surface area contributed by atoms with Gasteiger partial charge in [0.1, 0.15) is 5.54 Å². The number of nitrogens with zero attached hydrogens (tertiary/aromatic N) is 4. The van der Waals surface area contributed by atoms with Crippen molar-refractivity contribution in [3.8, 4) is 6.07 Å². The number of hydrogen-bond donors (Lipinski definition) is 1. The Hall–Kier alpha value is -1.94. The molecular weight excluding hydrogens is 282 g/mol. The van der Waals surface area contributed by atoms with Crippen molar-refractivity contribution >= 4 is 5.91 Å². The molecule has 22 heavy (non-hydrogen) atoms. The highest BCUT2D eigenvalue weighted by Gasteiger charge is 2.43. The van der Waals surface area contributed by atoms with Crippen LogP contribution in [0.3, 0.4) is 0 Å². The van der Waals surface area contributed by atoms with Gasteiger partial charge in [-0.15, -0.1) is 0 Å². The lowest BCUT2D eigenvalue weighted by Gasteiger charge is -2.26. The summed E-state index contributed by atoms with van der Waals surface area (Å²) in [5.74, 6) is 1.36. The van der Waals surface area contributed by atoms with Gasteiger partial charge < -0.3 is 9.84 Å². The van der Waals surface area contributed by atoms with Gasteiger partial charge in [0.2, 0.25) is 11.8 Å². The molecule has 7 heteroatoms. The summed E-state index contributed by atoms with van der Waals surface area (Å²) >= 11 is 0. The molecule has 1 aromatic rings. The largest absolute Gasteiger partial charge is 0.340 e. The predicted molar refractivity (Wildman–Crippen MR) is 77.5 cm³/mol. The fourth-order valence-electron chi connectivity index (χ4n) is 3.15. The molecule has 2 aliphatic rings. The molecule has 1 saturated heterocycles. The van der Waals surface area contributed by atoms with Gasteiger partial charge in [-0.2, -0.15) is 10.2 Å². The van der Waals surface area contributed by atoms with Crippen LogP contribution >= 0.6 is 0 Å². The Labute approximate surface area is 129 Å². The summed E-state index contributed by atoms with van der Waals surface area (Å²) in [5, 5.41) is 16.2. The van der Waals surface area contributed by atoms with E-state index in [2.05, 4.69) is 26.4 Å². The number of carbonyl (C=O) groups excluding carboxylic acids is 1. The summed E-state index contributed by atoms with van der Waals surface area (Å²) in [7, 11) is 0. The molecule has 2 atom stereocenters. The zero-order chi connectivity index (χ0) is 15.7. The van der Waals surface area contributed by atoms with E-state index < -0.39 is 5.54 Å². The number of nitriles is 1. The molecule has 1 aliphatic carbocycles. The van der Waals surface area contributed by atoms with Crippen molar-refractivity contribution in [2.45, 2.75) is 51.1 Å². The lowest BCUT2D eigenvalue weighted by molar-refractivity contribution is -0.123. The fourth-order valence-corrected chi connectivity index (χ4v) is 3.15. The minimum Gasteiger partial charge on any atom is -0.340 e. The van der Waals surface area contributed by atoms with Crippen LogP contribution < -0.4 is 5.32 Å². The van der Waals surface area contributed by atoms with E-state index in [0.29, 0.717) is 11.7 Å². The van der Waals surface area contributed by atoms with E-state index in [1.807, 2.05) is 6.92 Å². The van der Waals surface area contributed by atoms with Crippen molar-refractivity contribution < 1.29 is 9.32 Å². The summed E-state index contributed by atoms with van der Waals surface area (Å²) in [4.78, 5) is 18.7. The first kappa shape index (κ1) is 15.0. The molecule has 2 fully saturated rings. The van der Waals surface area contributed by atoms with Crippen molar-refractivity contribution in [3.05, 3.63) is 11.7 Å². The summed E-state index contributed by atoms with van der Waals surface area (Å²) < 4.78 is 5.04. The lowest BCUT2D eigenvalue weighted by atomic mass is 9.98. The van der Waals surface area contributed by atoms with E-state index in [0.717, 1.165) is 32.2 Å². The van der Waals surface area contributed by atoms with Crippen LogP contribution in [0, 0.1) is 24.2 Å². The van der Waals surface area contributed by atoms with Crippen molar-refractivity contribution in [3.63, 3.8) is 0 Å². The first-order valence-corrected chi connectivity index (χ1v) is 7.78. The minimum absolute atomic E-state index is 0.0254. The van der Waals surface area contributed by atoms with Crippen molar-refractivity contribution in [1.82, 2.24) is 20.4 Å². The van der Waals surface area contributed by atoms with Gasteiger partial charge in [-0.1, -0.05) is 5.16 Å². The number of carbonyl (C=O) groups is 1. The minimum atomic E-state index is -0.741. The second kappa shape index (κ2) is 5.69. The standard InChI is InChI=1S/C15H21N5O2/c1-10-17-14(19-22-10)12-4-3-7-20(12)8-13(21)18-15(2,9-16)11-5-6-11/h11-12H,3-8H2,1-2H3,(H,18,21)/t12-,15-/m1/s1.